The maximum absolute atomic E-state index is 13.6. The number of nitrogens with zero attached hydrogens (tertiary/aromatic N) is 1. The van der Waals surface area contributed by atoms with Gasteiger partial charge in [-0.15, -0.1) is 0 Å². The Labute approximate surface area is 190 Å². The molecule has 4 N–H and O–H groups in total. The van der Waals surface area contributed by atoms with Crippen LogP contribution in [0.1, 0.15) is 75.3 Å². The van der Waals surface area contributed by atoms with Crippen LogP contribution in [0.25, 0.3) is 0 Å². The fourth-order valence-corrected chi connectivity index (χ4v) is 5.36. The monoisotopic (exact) mass is 443 g/mol. The molecular weight excluding hydrogens is 406 g/mol. The molecule has 0 aliphatic heterocycles. The van der Waals surface area contributed by atoms with Gasteiger partial charge in [-0.3, -0.25) is 4.79 Å². The first kappa shape index (κ1) is 24.1. The Morgan fingerprint density at radius 1 is 1.03 bits per heavy atom. The highest BCUT2D eigenvalue weighted by Crippen LogP contribution is 2.33. The van der Waals surface area contributed by atoms with Gasteiger partial charge in [0.25, 0.3) is 0 Å². The van der Waals surface area contributed by atoms with Crippen LogP contribution in [0.3, 0.4) is 0 Å². The molecule has 2 fully saturated rings. The molecule has 2 atom stereocenters. The standard InChI is InChI=1S/C25H37N3O4/c1-32-25(30)22(19-10-6-3-7-11-19)27-24(29)21(18-8-4-2-5-9-18)16-17-12-14-20(15-13-17)23(26)28-31/h12-15,18-19,21-22,31H,2-11,16H2,1H3,(H2,26,28)(H,27,29)/t21?,22-/m0/s1. The van der Waals surface area contributed by atoms with Crippen molar-refractivity contribution in [3.05, 3.63) is 35.4 Å². The number of carbonyl (C=O) groups excluding carboxylic acids is 2. The molecular formula is C25H37N3O4. The summed E-state index contributed by atoms with van der Waals surface area (Å²) in [6.07, 6.45) is 11.4. The fourth-order valence-electron chi connectivity index (χ4n) is 5.36. The minimum Gasteiger partial charge on any atom is -0.467 e. The number of nitrogens with one attached hydrogen (secondary N) is 1. The van der Waals surface area contributed by atoms with E-state index in [0.717, 1.165) is 56.9 Å². The Bertz CT molecular complexity index is 781. The number of carbonyl (C=O) groups is 2. The minimum atomic E-state index is -0.568. The number of oxime groups is 1. The zero-order chi connectivity index (χ0) is 22.9. The third kappa shape index (κ3) is 6.24. The van der Waals surface area contributed by atoms with E-state index < -0.39 is 6.04 Å². The van der Waals surface area contributed by atoms with Gasteiger partial charge in [-0.1, -0.05) is 67.9 Å². The summed E-state index contributed by atoms with van der Waals surface area (Å²) in [6, 6.07) is 6.89. The van der Waals surface area contributed by atoms with Crippen LogP contribution in [-0.2, 0) is 20.7 Å². The number of amides is 1. The summed E-state index contributed by atoms with van der Waals surface area (Å²) in [5.74, 6) is -0.0641. The number of amidine groups is 1. The summed E-state index contributed by atoms with van der Waals surface area (Å²) in [6.45, 7) is 0. The highest BCUT2D eigenvalue weighted by Gasteiger charge is 2.36. The molecule has 0 radical (unpaired) electrons. The summed E-state index contributed by atoms with van der Waals surface area (Å²) in [4.78, 5) is 26.1. The lowest BCUT2D eigenvalue weighted by Gasteiger charge is -2.33. The van der Waals surface area contributed by atoms with Gasteiger partial charge >= 0.3 is 5.97 Å². The number of hydrogen-bond donors (Lipinski definition) is 3. The molecule has 2 aliphatic rings. The molecule has 2 saturated carbocycles. The second kappa shape index (κ2) is 11.9. The SMILES string of the molecule is COC(=O)[C@@H](NC(=O)C(Cc1ccc(/C(N)=N/O)cc1)C1CCCCC1)C1CCCCC1. The number of nitrogens with two attached hydrogens (primary N) is 1. The lowest BCUT2D eigenvalue weighted by Crippen LogP contribution is -2.50. The van der Waals surface area contributed by atoms with E-state index in [1.807, 2.05) is 12.1 Å². The number of esters is 1. The molecule has 1 aromatic rings. The van der Waals surface area contributed by atoms with Crippen molar-refractivity contribution >= 4 is 17.7 Å². The molecule has 3 rings (SSSR count). The lowest BCUT2D eigenvalue weighted by atomic mass is 9.76. The van der Waals surface area contributed by atoms with Crippen molar-refractivity contribution in [1.82, 2.24) is 5.32 Å². The lowest BCUT2D eigenvalue weighted by molar-refractivity contribution is -0.148. The number of hydrogen-bond acceptors (Lipinski definition) is 5. The molecule has 2 aliphatic carbocycles. The van der Waals surface area contributed by atoms with Gasteiger partial charge in [-0.25, -0.2) is 4.79 Å². The maximum Gasteiger partial charge on any atom is 0.328 e. The van der Waals surface area contributed by atoms with Crippen molar-refractivity contribution in [3.63, 3.8) is 0 Å². The van der Waals surface area contributed by atoms with Crippen molar-refractivity contribution in [3.8, 4) is 0 Å². The highest BCUT2D eigenvalue weighted by atomic mass is 16.5. The minimum absolute atomic E-state index is 0.0432. The van der Waals surface area contributed by atoms with Crippen LogP contribution in [0.5, 0.6) is 0 Å². The van der Waals surface area contributed by atoms with Crippen LogP contribution in [-0.4, -0.2) is 36.1 Å². The zero-order valence-corrected chi connectivity index (χ0v) is 19.1. The largest absolute Gasteiger partial charge is 0.467 e. The number of rotatable bonds is 8. The topological polar surface area (TPSA) is 114 Å². The average Bonchev–Trinajstić information content (AvgIpc) is 2.86. The van der Waals surface area contributed by atoms with E-state index in [0.29, 0.717) is 17.9 Å². The average molecular weight is 444 g/mol. The molecule has 32 heavy (non-hydrogen) atoms. The van der Waals surface area contributed by atoms with Gasteiger partial charge in [0, 0.05) is 11.5 Å². The Hall–Kier alpha value is -2.57. The molecule has 7 heteroatoms. The van der Waals surface area contributed by atoms with Crippen LogP contribution < -0.4 is 11.1 Å². The van der Waals surface area contributed by atoms with Crippen molar-refractivity contribution in [2.24, 2.45) is 28.6 Å². The van der Waals surface area contributed by atoms with Crippen molar-refractivity contribution < 1.29 is 19.5 Å². The Morgan fingerprint density at radius 2 is 1.59 bits per heavy atom. The number of benzene rings is 1. The predicted octanol–water partition coefficient (Wildman–Crippen LogP) is 3.76. The van der Waals surface area contributed by atoms with Crippen molar-refractivity contribution in [2.75, 3.05) is 7.11 Å². The van der Waals surface area contributed by atoms with Gasteiger partial charge < -0.3 is 21.0 Å². The molecule has 0 aromatic heterocycles. The van der Waals surface area contributed by atoms with E-state index in [1.54, 1.807) is 12.1 Å². The first-order chi connectivity index (χ1) is 15.5. The molecule has 0 bridgehead atoms. The summed E-state index contributed by atoms with van der Waals surface area (Å²) >= 11 is 0. The first-order valence-corrected chi connectivity index (χ1v) is 12.0. The van der Waals surface area contributed by atoms with E-state index in [2.05, 4.69) is 10.5 Å². The van der Waals surface area contributed by atoms with E-state index in [-0.39, 0.29) is 29.5 Å². The normalized spacial score (nSPS) is 20.3. The quantitative estimate of drug-likeness (QED) is 0.186. The van der Waals surface area contributed by atoms with E-state index in [4.69, 9.17) is 15.7 Å². The van der Waals surface area contributed by atoms with E-state index in [1.165, 1.54) is 20.0 Å². The molecule has 7 nitrogen and oxygen atoms in total. The smallest absolute Gasteiger partial charge is 0.328 e. The van der Waals surface area contributed by atoms with Gasteiger partial charge in [0.1, 0.15) is 6.04 Å². The number of methoxy groups -OCH3 is 1. The van der Waals surface area contributed by atoms with Crippen LogP contribution >= 0.6 is 0 Å². The Balaban J connectivity index is 1.77. The van der Waals surface area contributed by atoms with Crippen molar-refractivity contribution in [2.45, 2.75) is 76.7 Å². The van der Waals surface area contributed by atoms with Gasteiger partial charge in [0.15, 0.2) is 5.84 Å². The third-order valence-electron chi connectivity index (χ3n) is 7.24. The van der Waals surface area contributed by atoms with Gasteiger partial charge in [0.2, 0.25) is 5.91 Å². The second-order valence-electron chi connectivity index (χ2n) is 9.30. The molecule has 0 heterocycles. The molecule has 1 aromatic carbocycles. The molecule has 0 saturated heterocycles. The molecule has 1 amide bonds. The van der Waals surface area contributed by atoms with Crippen molar-refractivity contribution in [1.29, 1.82) is 0 Å². The van der Waals surface area contributed by atoms with Crippen LogP contribution in [0.2, 0.25) is 0 Å². The Kier molecular flexibility index (Phi) is 8.94. The van der Waals surface area contributed by atoms with E-state index >= 15 is 0 Å². The number of ether oxygens (including phenoxy) is 1. The van der Waals surface area contributed by atoms with Gasteiger partial charge in [-0.05, 0) is 49.5 Å². The summed E-state index contributed by atoms with van der Waals surface area (Å²) < 4.78 is 5.06. The fraction of sp³-hybridized carbons (Fsp3) is 0.640. The molecule has 0 spiro atoms. The zero-order valence-electron chi connectivity index (χ0n) is 19.1. The highest BCUT2D eigenvalue weighted by molar-refractivity contribution is 5.97. The molecule has 176 valence electrons. The van der Waals surface area contributed by atoms with Crippen LogP contribution in [0.4, 0.5) is 0 Å². The van der Waals surface area contributed by atoms with Crippen LogP contribution in [0, 0.1) is 17.8 Å². The maximum atomic E-state index is 13.6. The van der Waals surface area contributed by atoms with Crippen LogP contribution in [0.15, 0.2) is 29.4 Å². The van der Waals surface area contributed by atoms with E-state index in [9.17, 15) is 9.59 Å². The van der Waals surface area contributed by atoms with Gasteiger partial charge in [-0.2, -0.15) is 0 Å². The second-order valence-corrected chi connectivity index (χ2v) is 9.30. The summed E-state index contributed by atoms with van der Waals surface area (Å²) in [5.41, 5.74) is 7.33. The molecule has 1 unspecified atom stereocenters. The van der Waals surface area contributed by atoms with Gasteiger partial charge in [0.05, 0.1) is 7.11 Å². The predicted molar refractivity (Wildman–Crippen MR) is 123 cm³/mol. The summed E-state index contributed by atoms with van der Waals surface area (Å²) in [7, 11) is 1.39. The first-order valence-electron chi connectivity index (χ1n) is 12.0. The summed E-state index contributed by atoms with van der Waals surface area (Å²) in [5, 5.41) is 15.0. The third-order valence-corrected chi connectivity index (χ3v) is 7.24. The Morgan fingerprint density at radius 3 is 2.12 bits per heavy atom.